The summed E-state index contributed by atoms with van der Waals surface area (Å²) < 4.78 is 2.21. The molecular weight excluding hydrogens is 544 g/mol. The molecule has 0 aromatic heterocycles. The van der Waals surface area contributed by atoms with Gasteiger partial charge in [-0.3, -0.25) is 0 Å². The van der Waals surface area contributed by atoms with Crippen LogP contribution < -0.4 is 0 Å². The molecule has 0 radical (unpaired) electrons. The summed E-state index contributed by atoms with van der Waals surface area (Å²) in [4.78, 5) is 0. The van der Waals surface area contributed by atoms with Crippen molar-refractivity contribution in [3.05, 3.63) is 118 Å². The maximum Gasteiger partial charge on any atom is 0.0254 e. The lowest BCUT2D eigenvalue weighted by Gasteiger charge is -2.20. The zero-order chi connectivity index (χ0) is 22.8. The minimum atomic E-state index is 1.09. The monoisotopic (exact) mass is 560 g/mol. The van der Waals surface area contributed by atoms with E-state index in [0.29, 0.717) is 0 Å². The van der Waals surface area contributed by atoms with Crippen molar-refractivity contribution in [2.24, 2.45) is 0 Å². The minimum absolute atomic E-state index is 1.09. The number of benzene rings is 6. The minimum Gasteiger partial charge on any atom is -0.0622 e. The van der Waals surface area contributed by atoms with E-state index < -0.39 is 0 Å². The molecule has 0 spiro atoms. The molecule has 6 aromatic rings. The van der Waals surface area contributed by atoms with E-state index in [1.165, 1.54) is 66.1 Å². The molecular formula is C32H18Br2. The predicted octanol–water partition coefficient (Wildman–Crippen LogP) is 10.5. The first-order valence-corrected chi connectivity index (χ1v) is 12.9. The molecule has 0 atom stereocenters. The molecule has 1 aliphatic rings. The molecule has 0 heterocycles. The highest BCUT2D eigenvalue weighted by atomic mass is 79.9. The predicted molar refractivity (Wildman–Crippen MR) is 152 cm³/mol. The standard InChI is InChI=1S/C32H18Br2/c33-21-17-25-27(34)16-15-24-30(25)26(18-21)32-29(20-11-5-2-6-12-20)23-14-8-7-13-22(23)28(31(24)32)19-9-3-1-4-10-19/h1-18H. The normalized spacial score (nSPS) is 11.8. The lowest BCUT2D eigenvalue weighted by molar-refractivity contribution is 1.62. The van der Waals surface area contributed by atoms with Crippen molar-refractivity contribution in [2.45, 2.75) is 0 Å². The lowest BCUT2D eigenvalue weighted by Crippen LogP contribution is -1.93. The van der Waals surface area contributed by atoms with Gasteiger partial charge >= 0.3 is 0 Å². The summed E-state index contributed by atoms with van der Waals surface area (Å²) in [5, 5.41) is 5.12. The van der Waals surface area contributed by atoms with Crippen LogP contribution in [0.5, 0.6) is 0 Å². The van der Waals surface area contributed by atoms with E-state index in [1.54, 1.807) is 0 Å². The van der Waals surface area contributed by atoms with Gasteiger partial charge < -0.3 is 0 Å². The quantitative estimate of drug-likeness (QED) is 0.197. The number of halogens is 2. The largest absolute Gasteiger partial charge is 0.0622 e. The first-order chi connectivity index (χ1) is 16.7. The van der Waals surface area contributed by atoms with Gasteiger partial charge in [-0.1, -0.05) is 123 Å². The van der Waals surface area contributed by atoms with E-state index in [9.17, 15) is 0 Å². The number of rotatable bonds is 2. The van der Waals surface area contributed by atoms with Crippen LogP contribution in [0.4, 0.5) is 0 Å². The fourth-order valence-electron chi connectivity index (χ4n) is 5.61. The van der Waals surface area contributed by atoms with Crippen LogP contribution in [0, 0.1) is 0 Å². The van der Waals surface area contributed by atoms with E-state index in [0.717, 1.165) is 8.95 Å². The van der Waals surface area contributed by atoms with Gasteiger partial charge in [0.05, 0.1) is 0 Å². The molecule has 7 rings (SSSR count). The maximum atomic E-state index is 3.82. The molecule has 0 aliphatic heterocycles. The third-order valence-corrected chi connectivity index (χ3v) is 8.05. The van der Waals surface area contributed by atoms with Gasteiger partial charge in [0.2, 0.25) is 0 Å². The highest BCUT2D eigenvalue weighted by Gasteiger charge is 2.31. The van der Waals surface area contributed by atoms with Crippen molar-refractivity contribution in [3.63, 3.8) is 0 Å². The van der Waals surface area contributed by atoms with Crippen LogP contribution in [-0.2, 0) is 0 Å². The number of hydrogen-bond acceptors (Lipinski definition) is 0. The topological polar surface area (TPSA) is 0 Å². The van der Waals surface area contributed by atoms with Gasteiger partial charge in [0.15, 0.2) is 0 Å². The molecule has 0 amide bonds. The first-order valence-electron chi connectivity index (χ1n) is 11.3. The molecule has 34 heavy (non-hydrogen) atoms. The lowest BCUT2D eigenvalue weighted by atomic mass is 9.82. The molecule has 0 nitrogen and oxygen atoms in total. The molecule has 160 valence electrons. The highest BCUT2D eigenvalue weighted by Crippen LogP contribution is 2.58. The number of hydrogen-bond donors (Lipinski definition) is 0. The SMILES string of the molecule is Brc1cc2c3c(ccc(Br)c3c1)-c1c-2c(-c2ccccc2)c2ccccc2c1-c1ccccc1. The van der Waals surface area contributed by atoms with Crippen molar-refractivity contribution in [1.82, 2.24) is 0 Å². The van der Waals surface area contributed by atoms with Crippen LogP contribution in [0.1, 0.15) is 0 Å². The van der Waals surface area contributed by atoms with Crippen molar-refractivity contribution in [2.75, 3.05) is 0 Å². The molecule has 6 aromatic carbocycles. The van der Waals surface area contributed by atoms with Crippen molar-refractivity contribution in [3.8, 4) is 44.5 Å². The summed E-state index contributed by atoms with van der Waals surface area (Å²) in [6, 6.07) is 39.5. The van der Waals surface area contributed by atoms with Crippen LogP contribution in [0.2, 0.25) is 0 Å². The second-order valence-electron chi connectivity index (χ2n) is 8.75. The average molecular weight is 562 g/mol. The first kappa shape index (κ1) is 20.2. The summed E-state index contributed by atoms with van der Waals surface area (Å²) in [5.41, 5.74) is 10.3. The zero-order valence-corrected chi connectivity index (χ0v) is 21.3. The smallest absolute Gasteiger partial charge is 0.0254 e. The van der Waals surface area contributed by atoms with Crippen molar-refractivity contribution >= 4 is 53.4 Å². The van der Waals surface area contributed by atoms with E-state index in [4.69, 9.17) is 0 Å². The van der Waals surface area contributed by atoms with E-state index >= 15 is 0 Å². The summed E-state index contributed by atoms with van der Waals surface area (Å²) in [6.07, 6.45) is 0. The molecule has 0 fully saturated rings. The number of fused-ring (bicyclic) bond motifs is 4. The second kappa shape index (κ2) is 7.66. The van der Waals surface area contributed by atoms with E-state index in [1.807, 2.05) is 0 Å². The zero-order valence-electron chi connectivity index (χ0n) is 18.1. The molecule has 0 bridgehead atoms. The van der Waals surface area contributed by atoms with Gasteiger partial charge in [-0.15, -0.1) is 0 Å². The molecule has 2 heteroatoms. The summed E-state index contributed by atoms with van der Waals surface area (Å²) >= 11 is 7.63. The summed E-state index contributed by atoms with van der Waals surface area (Å²) in [5.74, 6) is 0. The van der Waals surface area contributed by atoms with Gasteiger partial charge in [0.25, 0.3) is 0 Å². The van der Waals surface area contributed by atoms with Gasteiger partial charge in [-0.2, -0.15) is 0 Å². The average Bonchev–Trinajstić information content (AvgIpc) is 3.19. The van der Waals surface area contributed by atoms with Crippen LogP contribution in [0.15, 0.2) is 118 Å². The van der Waals surface area contributed by atoms with Gasteiger partial charge in [-0.25, -0.2) is 0 Å². The molecule has 1 aliphatic carbocycles. The van der Waals surface area contributed by atoms with Crippen LogP contribution in [0.3, 0.4) is 0 Å². The molecule has 0 unspecified atom stereocenters. The summed E-state index contributed by atoms with van der Waals surface area (Å²) in [6.45, 7) is 0. The Balaban J connectivity index is 1.78. The molecule has 0 saturated heterocycles. The van der Waals surface area contributed by atoms with Gasteiger partial charge in [-0.05, 0) is 84.3 Å². The highest BCUT2D eigenvalue weighted by molar-refractivity contribution is 9.11. The Morgan fingerprint density at radius 2 is 0.941 bits per heavy atom. The van der Waals surface area contributed by atoms with Crippen LogP contribution >= 0.6 is 31.9 Å². The van der Waals surface area contributed by atoms with Crippen molar-refractivity contribution in [1.29, 1.82) is 0 Å². The fraction of sp³-hybridized carbons (Fsp3) is 0. The van der Waals surface area contributed by atoms with E-state index in [-0.39, 0.29) is 0 Å². The summed E-state index contributed by atoms with van der Waals surface area (Å²) in [7, 11) is 0. The second-order valence-corrected chi connectivity index (χ2v) is 10.5. The molecule has 0 saturated carbocycles. The Bertz CT molecular complexity index is 1750. The fourth-order valence-corrected chi connectivity index (χ4v) is 6.51. The van der Waals surface area contributed by atoms with E-state index in [2.05, 4.69) is 141 Å². The maximum absolute atomic E-state index is 3.82. The molecule has 0 N–H and O–H groups in total. The Hall–Kier alpha value is -3.20. The van der Waals surface area contributed by atoms with Gasteiger partial charge in [0, 0.05) is 8.95 Å². The Morgan fingerprint density at radius 1 is 0.412 bits per heavy atom. The third-order valence-electron chi connectivity index (χ3n) is 6.91. The van der Waals surface area contributed by atoms with Crippen LogP contribution in [0.25, 0.3) is 66.1 Å². The van der Waals surface area contributed by atoms with Crippen molar-refractivity contribution < 1.29 is 0 Å². The van der Waals surface area contributed by atoms with Gasteiger partial charge in [0.1, 0.15) is 0 Å². The third kappa shape index (κ3) is 2.82. The Kier molecular flexibility index (Phi) is 4.55. The Labute approximate surface area is 215 Å². The Morgan fingerprint density at radius 3 is 1.53 bits per heavy atom. The van der Waals surface area contributed by atoms with Crippen LogP contribution in [-0.4, -0.2) is 0 Å².